The van der Waals surface area contributed by atoms with Crippen molar-refractivity contribution < 1.29 is 18.3 Å². The van der Waals surface area contributed by atoms with Crippen LogP contribution in [-0.4, -0.2) is 36.9 Å². The molecular weight excluding hydrogens is 242 g/mol. The number of carboxylic acids is 1. The van der Waals surface area contributed by atoms with Crippen molar-refractivity contribution in [3.8, 4) is 0 Å². The molecule has 0 spiro atoms. The molecule has 1 atom stereocenters. The van der Waals surface area contributed by atoms with Crippen molar-refractivity contribution in [3.05, 3.63) is 30.3 Å². The van der Waals surface area contributed by atoms with E-state index in [-0.39, 0.29) is 18.0 Å². The molecule has 0 saturated carbocycles. The van der Waals surface area contributed by atoms with Gasteiger partial charge in [-0.3, -0.25) is 4.79 Å². The number of rotatable bonds is 3. The third-order valence-corrected chi connectivity index (χ3v) is 4.76. The first-order chi connectivity index (χ1) is 8.01. The van der Waals surface area contributed by atoms with Crippen molar-refractivity contribution in [1.29, 1.82) is 0 Å². The lowest BCUT2D eigenvalue weighted by atomic mass is 10.1. The van der Waals surface area contributed by atoms with Crippen LogP contribution < -0.4 is 0 Å². The van der Waals surface area contributed by atoms with Gasteiger partial charge in [-0.25, -0.2) is 8.42 Å². The topological polar surface area (TPSA) is 74.7 Å². The third kappa shape index (κ3) is 2.32. The zero-order valence-corrected chi connectivity index (χ0v) is 9.93. The number of sulfonamides is 1. The molecule has 1 saturated heterocycles. The van der Waals surface area contributed by atoms with Crippen LogP contribution in [0, 0.1) is 5.92 Å². The van der Waals surface area contributed by atoms with Gasteiger partial charge in [0.25, 0.3) is 0 Å². The Bertz CT molecular complexity index is 512. The number of nitrogens with zero attached hydrogens (tertiary/aromatic N) is 1. The van der Waals surface area contributed by atoms with E-state index < -0.39 is 21.9 Å². The molecule has 0 unspecified atom stereocenters. The van der Waals surface area contributed by atoms with Crippen LogP contribution in [0.1, 0.15) is 6.42 Å². The van der Waals surface area contributed by atoms with Crippen LogP contribution in [0.4, 0.5) is 0 Å². The Kier molecular flexibility index (Phi) is 3.17. The van der Waals surface area contributed by atoms with E-state index in [1.165, 1.54) is 16.4 Å². The van der Waals surface area contributed by atoms with Crippen molar-refractivity contribution in [3.63, 3.8) is 0 Å². The summed E-state index contributed by atoms with van der Waals surface area (Å²) in [5.41, 5.74) is 0. The molecule has 1 aliphatic rings. The normalized spacial score (nSPS) is 21.5. The molecule has 1 aromatic carbocycles. The first-order valence-electron chi connectivity index (χ1n) is 5.30. The van der Waals surface area contributed by atoms with Crippen molar-refractivity contribution in [2.45, 2.75) is 11.3 Å². The average molecular weight is 255 g/mol. The second-order valence-electron chi connectivity index (χ2n) is 4.00. The maximum Gasteiger partial charge on any atom is 0.307 e. The largest absolute Gasteiger partial charge is 0.481 e. The van der Waals surface area contributed by atoms with Crippen LogP contribution in [0.5, 0.6) is 0 Å². The van der Waals surface area contributed by atoms with Gasteiger partial charge in [0.05, 0.1) is 10.8 Å². The fourth-order valence-electron chi connectivity index (χ4n) is 1.89. The van der Waals surface area contributed by atoms with Crippen LogP contribution in [-0.2, 0) is 14.8 Å². The number of carboxylic acid groups (broad SMARTS) is 1. The Morgan fingerprint density at radius 2 is 1.94 bits per heavy atom. The van der Waals surface area contributed by atoms with Gasteiger partial charge in [0.2, 0.25) is 10.0 Å². The molecule has 2 rings (SSSR count). The van der Waals surface area contributed by atoms with Gasteiger partial charge in [-0.2, -0.15) is 4.31 Å². The first-order valence-corrected chi connectivity index (χ1v) is 6.74. The lowest BCUT2D eigenvalue weighted by Crippen LogP contribution is -2.30. The molecule has 0 aliphatic carbocycles. The minimum Gasteiger partial charge on any atom is -0.481 e. The second kappa shape index (κ2) is 4.46. The fourth-order valence-corrected chi connectivity index (χ4v) is 3.41. The zero-order chi connectivity index (χ0) is 12.5. The van der Waals surface area contributed by atoms with Gasteiger partial charge in [-0.05, 0) is 18.6 Å². The molecule has 0 radical (unpaired) electrons. The molecule has 0 aromatic heterocycles. The van der Waals surface area contributed by atoms with E-state index in [0.29, 0.717) is 6.42 Å². The van der Waals surface area contributed by atoms with Crippen LogP contribution >= 0.6 is 0 Å². The highest BCUT2D eigenvalue weighted by Crippen LogP contribution is 2.24. The van der Waals surface area contributed by atoms with Gasteiger partial charge in [-0.1, -0.05) is 18.2 Å². The Hall–Kier alpha value is -1.40. The molecule has 17 heavy (non-hydrogen) atoms. The molecule has 6 heteroatoms. The summed E-state index contributed by atoms with van der Waals surface area (Å²) in [6.45, 7) is 0.334. The molecule has 1 fully saturated rings. The van der Waals surface area contributed by atoms with Crippen molar-refractivity contribution in [2.75, 3.05) is 13.1 Å². The van der Waals surface area contributed by atoms with E-state index >= 15 is 0 Å². The minimum absolute atomic E-state index is 0.0621. The van der Waals surface area contributed by atoms with Gasteiger partial charge >= 0.3 is 5.97 Å². The lowest BCUT2D eigenvalue weighted by Gasteiger charge is -2.15. The number of benzene rings is 1. The second-order valence-corrected chi connectivity index (χ2v) is 5.94. The Morgan fingerprint density at radius 1 is 1.29 bits per heavy atom. The van der Waals surface area contributed by atoms with Crippen molar-refractivity contribution in [1.82, 2.24) is 4.31 Å². The maximum absolute atomic E-state index is 12.1. The molecule has 0 amide bonds. The van der Waals surface area contributed by atoms with Gasteiger partial charge < -0.3 is 5.11 Å². The summed E-state index contributed by atoms with van der Waals surface area (Å²) < 4.78 is 25.5. The standard InChI is InChI=1S/C11H13NO4S/c13-11(14)9-6-7-12(8-9)17(15,16)10-4-2-1-3-5-10/h1-5,9H,6-8H2,(H,13,14)/t9-/m0/s1. The highest BCUT2D eigenvalue weighted by molar-refractivity contribution is 7.89. The van der Waals surface area contributed by atoms with Crippen molar-refractivity contribution >= 4 is 16.0 Å². The summed E-state index contributed by atoms with van der Waals surface area (Å²) in [7, 11) is -3.54. The highest BCUT2D eigenvalue weighted by atomic mass is 32.2. The number of hydrogen-bond acceptors (Lipinski definition) is 3. The summed E-state index contributed by atoms with van der Waals surface area (Å²) in [5.74, 6) is -1.52. The van der Waals surface area contributed by atoms with Gasteiger partial charge in [0, 0.05) is 13.1 Å². The predicted octanol–water partition coefficient (Wildman–Crippen LogP) is 0.782. The maximum atomic E-state index is 12.1. The summed E-state index contributed by atoms with van der Waals surface area (Å²) >= 11 is 0. The summed E-state index contributed by atoms with van der Waals surface area (Å²) in [6.07, 6.45) is 0.376. The van der Waals surface area contributed by atoms with Crippen LogP contribution in [0.15, 0.2) is 35.2 Å². The molecule has 92 valence electrons. The smallest absolute Gasteiger partial charge is 0.307 e. The third-order valence-electron chi connectivity index (χ3n) is 2.88. The van der Waals surface area contributed by atoms with Gasteiger partial charge in [0.15, 0.2) is 0 Å². The van der Waals surface area contributed by atoms with E-state index in [1.807, 2.05) is 0 Å². The van der Waals surface area contributed by atoms with Crippen LogP contribution in [0.25, 0.3) is 0 Å². The lowest BCUT2D eigenvalue weighted by molar-refractivity contribution is -0.141. The van der Waals surface area contributed by atoms with E-state index in [9.17, 15) is 13.2 Å². The van der Waals surface area contributed by atoms with E-state index in [2.05, 4.69) is 0 Å². The molecule has 1 heterocycles. The SMILES string of the molecule is O=C(O)[C@H]1CCN(S(=O)(=O)c2ccccc2)C1. The average Bonchev–Trinajstić information content (AvgIpc) is 2.80. The molecule has 0 bridgehead atoms. The molecule has 5 nitrogen and oxygen atoms in total. The number of aliphatic carboxylic acids is 1. The molecular formula is C11H13NO4S. The monoisotopic (exact) mass is 255 g/mol. The van der Waals surface area contributed by atoms with Crippen LogP contribution in [0.3, 0.4) is 0 Å². The summed E-state index contributed by atoms with van der Waals surface area (Å²) in [6, 6.07) is 8.07. The highest BCUT2D eigenvalue weighted by Gasteiger charge is 2.35. The van der Waals surface area contributed by atoms with E-state index in [4.69, 9.17) is 5.11 Å². The van der Waals surface area contributed by atoms with Crippen molar-refractivity contribution in [2.24, 2.45) is 5.92 Å². The minimum atomic E-state index is -3.54. The zero-order valence-electron chi connectivity index (χ0n) is 9.11. The van der Waals surface area contributed by atoms with Gasteiger partial charge in [0.1, 0.15) is 0 Å². The fraction of sp³-hybridized carbons (Fsp3) is 0.364. The molecule has 1 aromatic rings. The van der Waals surface area contributed by atoms with Crippen LogP contribution in [0.2, 0.25) is 0 Å². The van der Waals surface area contributed by atoms with E-state index in [1.54, 1.807) is 18.2 Å². The Morgan fingerprint density at radius 3 is 2.47 bits per heavy atom. The number of carbonyl (C=O) groups is 1. The molecule has 1 N–H and O–H groups in total. The van der Waals surface area contributed by atoms with E-state index in [0.717, 1.165) is 0 Å². The Balaban J connectivity index is 2.22. The summed E-state index contributed by atoms with van der Waals surface area (Å²) in [4.78, 5) is 11.0. The Labute approximate surface area is 99.7 Å². The summed E-state index contributed by atoms with van der Waals surface area (Å²) in [5, 5.41) is 8.85. The quantitative estimate of drug-likeness (QED) is 0.866. The number of hydrogen-bond donors (Lipinski definition) is 1. The van der Waals surface area contributed by atoms with Gasteiger partial charge in [-0.15, -0.1) is 0 Å². The predicted molar refractivity (Wildman–Crippen MR) is 60.9 cm³/mol. The molecule has 1 aliphatic heterocycles. The first kappa shape index (κ1) is 12.1.